The van der Waals surface area contributed by atoms with Gasteiger partial charge in [0, 0.05) is 43.3 Å². The van der Waals surface area contributed by atoms with Gasteiger partial charge in [-0.05, 0) is 32.2 Å². The van der Waals surface area contributed by atoms with Crippen molar-refractivity contribution in [3.63, 3.8) is 0 Å². The number of hydrogen-bond donors (Lipinski definition) is 2. The summed E-state index contributed by atoms with van der Waals surface area (Å²) in [6.07, 6.45) is -0.329. The van der Waals surface area contributed by atoms with Gasteiger partial charge in [-0.15, -0.1) is 11.3 Å². The van der Waals surface area contributed by atoms with Gasteiger partial charge in [0.2, 0.25) is 0 Å². The summed E-state index contributed by atoms with van der Waals surface area (Å²) in [6.45, 7) is 8.12. The van der Waals surface area contributed by atoms with Crippen LogP contribution < -0.4 is 10.6 Å². The van der Waals surface area contributed by atoms with E-state index in [0.717, 1.165) is 4.88 Å². The number of amides is 3. The lowest BCUT2D eigenvalue weighted by Gasteiger charge is -2.37. The number of methoxy groups -OCH3 is 1. The van der Waals surface area contributed by atoms with Gasteiger partial charge in [-0.1, -0.05) is 6.07 Å². The molecule has 0 saturated carbocycles. The Kier molecular flexibility index (Phi) is 6.67. The standard InChI is InChI=1S/C20H28N4O5S/c1-20(2,3)29-19(27)24-9-7-23(8-10-24)12-13-15(17(25)28-4)16(22-18(26)21-13)14-6-5-11-30-14/h5-6,11,16H,7-10,12H2,1-4H3,(H2,21,22,26)/t16-/m1/s1. The first-order valence-corrected chi connectivity index (χ1v) is 10.7. The molecule has 0 aliphatic carbocycles. The molecule has 2 N–H and O–H groups in total. The molecule has 3 amide bonds. The zero-order valence-corrected chi connectivity index (χ0v) is 18.5. The van der Waals surface area contributed by atoms with Crippen molar-refractivity contribution < 1.29 is 23.9 Å². The van der Waals surface area contributed by atoms with Crippen LogP contribution in [0, 0.1) is 0 Å². The summed E-state index contributed by atoms with van der Waals surface area (Å²) in [4.78, 5) is 41.7. The minimum atomic E-state index is -0.552. The van der Waals surface area contributed by atoms with E-state index in [0.29, 0.717) is 44.0 Å². The summed E-state index contributed by atoms with van der Waals surface area (Å²) in [5.74, 6) is -0.483. The lowest BCUT2D eigenvalue weighted by atomic mass is 10.0. The van der Waals surface area contributed by atoms with Crippen LogP contribution >= 0.6 is 11.3 Å². The number of nitrogens with one attached hydrogen (secondary N) is 2. The molecule has 0 bridgehead atoms. The Morgan fingerprint density at radius 3 is 2.50 bits per heavy atom. The summed E-state index contributed by atoms with van der Waals surface area (Å²) in [7, 11) is 1.33. The second kappa shape index (κ2) is 9.05. The molecule has 3 rings (SSSR count). The van der Waals surface area contributed by atoms with Gasteiger partial charge < -0.3 is 25.0 Å². The van der Waals surface area contributed by atoms with E-state index in [1.807, 2.05) is 38.3 Å². The van der Waals surface area contributed by atoms with Crippen LogP contribution in [0.3, 0.4) is 0 Å². The fourth-order valence-electron chi connectivity index (χ4n) is 3.40. The van der Waals surface area contributed by atoms with E-state index in [4.69, 9.17) is 9.47 Å². The molecule has 164 valence electrons. The van der Waals surface area contributed by atoms with Gasteiger partial charge in [0.05, 0.1) is 18.7 Å². The monoisotopic (exact) mass is 436 g/mol. The third kappa shape index (κ3) is 5.31. The minimum Gasteiger partial charge on any atom is -0.466 e. The fourth-order valence-corrected chi connectivity index (χ4v) is 4.19. The molecule has 1 atom stereocenters. The SMILES string of the molecule is COC(=O)C1=C(CN2CCN(C(=O)OC(C)(C)C)CC2)NC(=O)N[C@@H]1c1cccs1. The van der Waals surface area contributed by atoms with Crippen molar-refractivity contribution in [1.82, 2.24) is 20.4 Å². The summed E-state index contributed by atoms with van der Waals surface area (Å²) in [5.41, 5.74) is 0.383. The topological polar surface area (TPSA) is 100 Å². The van der Waals surface area contributed by atoms with Gasteiger partial charge in [0.1, 0.15) is 5.60 Å². The first-order valence-electron chi connectivity index (χ1n) is 9.80. The number of ether oxygens (including phenoxy) is 2. The molecule has 0 aromatic carbocycles. The van der Waals surface area contributed by atoms with Crippen LogP contribution in [0.4, 0.5) is 9.59 Å². The number of hydrogen-bond acceptors (Lipinski definition) is 7. The summed E-state index contributed by atoms with van der Waals surface area (Å²) in [5, 5.41) is 7.48. The Bertz CT molecular complexity index is 823. The normalized spacial score (nSPS) is 20.5. The van der Waals surface area contributed by atoms with Crippen LogP contribution in [0.25, 0.3) is 0 Å². The fraction of sp³-hybridized carbons (Fsp3) is 0.550. The molecular weight excluding hydrogens is 408 g/mol. The quantitative estimate of drug-likeness (QED) is 0.701. The number of piperazine rings is 1. The maximum absolute atomic E-state index is 12.6. The molecular formula is C20H28N4O5S. The minimum absolute atomic E-state index is 0.329. The number of esters is 1. The third-order valence-corrected chi connectivity index (χ3v) is 5.73. The van der Waals surface area contributed by atoms with Crippen molar-refractivity contribution >= 4 is 29.4 Å². The van der Waals surface area contributed by atoms with Gasteiger partial charge in [-0.2, -0.15) is 0 Å². The number of carbonyl (C=O) groups excluding carboxylic acids is 3. The van der Waals surface area contributed by atoms with Crippen LogP contribution in [0.2, 0.25) is 0 Å². The van der Waals surface area contributed by atoms with E-state index in [-0.39, 0.29) is 12.1 Å². The number of nitrogens with zero attached hydrogens (tertiary/aromatic N) is 2. The highest BCUT2D eigenvalue weighted by Crippen LogP contribution is 2.30. The molecule has 1 aromatic heterocycles. The first-order chi connectivity index (χ1) is 14.2. The Morgan fingerprint density at radius 2 is 1.93 bits per heavy atom. The average molecular weight is 437 g/mol. The zero-order chi connectivity index (χ0) is 21.9. The van der Waals surface area contributed by atoms with Crippen LogP contribution in [0.5, 0.6) is 0 Å². The second-order valence-corrected chi connectivity index (χ2v) is 9.15. The maximum atomic E-state index is 12.6. The number of rotatable bonds is 4. The van der Waals surface area contributed by atoms with Crippen molar-refractivity contribution in [3.8, 4) is 0 Å². The first kappa shape index (κ1) is 22.1. The molecule has 1 fully saturated rings. The number of urea groups is 1. The molecule has 2 aliphatic heterocycles. The van der Waals surface area contributed by atoms with Crippen molar-refractivity contribution in [2.24, 2.45) is 0 Å². The zero-order valence-electron chi connectivity index (χ0n) is 17.7. The largest absolute Gasteiger partial charge is 0.466 e. The van der Waals surface area contributed by atoms with Gasteiger partial charge in [-0.3, -0.25) is 4.90 Å². The van der Waals surface area contributed by atoms with E-state index in [2.05, 4.69) is 15.5 Å². The summed E-state index contributed by atoms with van der Waals surface area (Å²) in [6, 6.07) is 2.84. The number of thiophene rings is 1. The van der Waals surface area contributed by atoms with Gasteiger partial charge >= 0.3 is 18.1 Å². The van der Waals surface area contributed by atoms with Crippen molar-refractivity contribution in [1.29, 1.82) is 0 Å². The van der Waals surface area contributed by atoms with Crippen molar-refractivity contribution in [2.45, 2.75) is 32.4 Å². The predicted molar refractivity (Wildman–Crippen MR) is 112 cm³/mol. The lowest BCUT2D eigenvalue weighted by Crippen LogP contribution is -2.53. The van der Waals surface area contributed by atoms with Crippen LogP contribution in [-0.4, -0.2) is 73.3 Å². The Hall–Kier alpha value is -2.59. The van der Waals surface area contributed by atoms with E-state index < -0.39 is 17.6 Å². The molecule has 0 radical (unpaired) electrons. The second-order valence-electron chi connectivity index (χ2n) is 8.17. The lowest BCUT2D eigenvalue weighted by molar-refractivity contribution is -0.136. The van der Waals surface area contributed by atoms with Crippen LogP contribution in [0.1, 0.15) is 31.7 Å². The average Bonchev–Trinajstić information content (AvgIpc) is 3.21. The Balaban J connectivity index is 1.73. The molecule has 2 aliphatic rings. The molecule has 1 saturated heterocycles. The highest BCUT2D eigenvalue weighted by Gasteiger charge is 2.35. The maximum Gasteiger partial charge on any atom is 0.410 e. The molecule has 9 nitrogen and oxygen atoms in total. The van der Waals surface area contributed by atoms with Crippen molar-refractivity contribution in [3.05, 3.63) is 33.7 Å². The van der Waals surface area contributed by atoms with Gasteiger partial charge in [0.25, 0.3) is 0 Å². The van der Waals surface area contributed by atoms with Gasteiger partial charge in [0.15, 0.2) is 0 Å². The van der Waals surface area contributed by atoms with E-state index >= 15 is 0 Å². The van der Waals surface area contributed by atoms with Crippen LogP contribution in [0.15, 0.2) is 28.8 Å². The van der Waals surface area contributed by atoms with E-state index in [1.165, 1.54) is 18.4 Å². The smallest absolute Gasteiger partial charge is 0.410 e. The van der Waals surface area contributed by atoms with Gasteiger partial charge in [-0.25, -0.2) is 14.4 Å². The Morgan fingerprint density at radius 1 is 1.23 bits per heavy atom. The number of carbonyl (C=O) groups is 3. The molecule has 3 heterocycles. The highest BCUT2D eigenvalue weighted by molar-refractivity contribution is 7.10. The van der Waals surface area contributed by atoms with Crippen LogP contribution in [-0.2, 0) is 14.3 Å². The highest BCUT2D eigenvalue weighted by atomic mass is 32.1. The predicted octanol–water partition coefficient (Wildman–Crippen LogP) is 2.08. The Labute approximate surface area is 180 Å². The van der Waals surface area contributed by atoms with E-state index in [1.54, 1.807) is 4.90 Å². The molecule has 1 aromatic rings. The molecule has 10 heteroatoms. The molecule has 0 unspecified atom stereocenters. The van der Waals surface area contributed by atoms with Crippen molar-refractivity contribution in [2.75, 3.05) is 39.8 Å². The van der Waals surface area contributed by atoms with E-state index in [9.17, 15) is 14.4 Å². The third-order valence-electron chi connectivity index (χ3n) is 4.79. The summed E-state index contributed by atoms with van der Waals surface area (Å²) < 4.78 is 10.4. The summed E-state index contributed by atoms with van der Waals surface area (Å²) >= 11 is 1.46. The molecule has 0 spiro atoms. The molecule has 30 heavy (non-hydrogen) atoms.